The number of carbonyl (C=O) groups excluding carboxylic acids is 1. The van der Waals surface area contributed by atoms with Crippen molar-refractivity contribution in [2.45, 2.75) is 26.3 Å². The Morgan fingerprint density at radius 2 is 2.09 bits per heavy atom. The lowest BCUT2D eigenvalue weighted by molar-refractivity contribution is 0.0883. The number of benzene rings is 1. The molecule has 23 heavy (non-hydrogen) atoms. The molecule has 1 atom stereocenters. The van der Waals surface area contributed by atoms with E-state index in [2.05, 4.69) is 11.9 Å². The molecule has 130 valence electrons. The van der Waals surface area contributed by atoms with Crippen LogP contribution in [0.25, 0.3) is 0 Å². The van der Waals surface area contributed by atoms with Gasteiger partial charge in [-0.1, -0.05) is 26.5 Å². The Labute approximate surface area is 144 Å². The second-order valence-electron chi connectivity index (χ2n) is 5.70. The third-order valence-corrected chi connectivity index (χ3v) is 3.88. The summed E-state index contributed by atoms with van der Waals surface area (Å²) in [5.41, 5.74) is 5.85. The fourth-order valence-corrected chi connectivity index (χ4v) is 1.84. The average Bonchev–Trinajstić information content (AvgIpc) is 2.52. The van der Waals surface area contributed by atoms with Crippen LogP contribution in [-0.2, 0) is 0 Å². The zero-order chi connectivity index (χ0) is 16.8. The van der Waals surface area contributed by atoms with E-state index in [0.717, 1.165) is 0 Å². The molecule has 0 aromatic heterocycles. The quantitative estimate of drug-likeness (QED) is 0.712. The van der Waals surface area contributed by atoms with E-state index in [1.807, 2.05) is 20.8 Å². The van der Waals surface area contributed by atoms with Crippen molar-refractivity contribution in [2.75, 3.05) is 20.3 Å². The SMILES string of the molecule is C=CCOc1ccc(C(=O)NC(C)(CN)C(C)C)cc1OC.Cl. The van der Waals surface area contributed by atoms with Gasteiger partial charge in [0.2, 0.25) is 0 Å². The average molecular weight is 343 g/mol. The first kappa shape index (κ1) is 21.3. The first-order valence-electron chi connectivity index (χ1n) is 7.32. The Morgan fingerprint density at radius 3 is 2.57 bits per heavy atom. The van der Waals surface area contributed by atoms with Crippen LogP contribution in [0.15, 0.2) is 30.9 Å². The summed E-state index contributed by atoms with van der Waals surface area (Å²) in [4.78, 5) is 12.4. The molecule has 0 spiro atoms. The molecule has 0 heterocycles. The zero-order valence-corrected chi connectivity index (χ0v) is 15.0. The highest BCUT2D eigenvalue weighted by Gasteiger charge is 2.29. The first-order chi connectivity index (χ1) is 10.4. The molecule has 0 saturated heterocycles. The van der Waals surface area contributed by atoms with Crippen LogP contribution >= 0.6 is 12.4 Å². The van der Waals surface area contributed by atoms with Gasteiger partial charge in [0.25, 0.3) is 5.91 Å². The van der Waals surface area contributed by atoms with Crippen LogP contribution in [0, 0.1) is 5.92 Å². The van der Waals surface area contributed by atoms with Crippen molar-refractivity contribution < 1.29 is 14.3 Å². The summed E-state index contributed by atoms with van der Waals surface area (Å²) in [6.45, 7) is 10.3. The summed E-state index contributed by atoms with van der Waals surface area (Å²) in [5.74, 6) is 1.12. The highest BCUT2D eigenvalue weighted by molar-refractivity contribution is 5.95. The molecular formula is C17H27ClN2O3. The second kappa shape index (κ2) is 9.43. The predicted molar refractivity (Wildman–Crippen MR) is 95.7 cm³/mol. The van der Waals surface area contributed by atoms with Gasteiger partial charge in [-0.2, -0.15) is 0 Å². The maximum absolute atomic E-state index is 12.4. The van der Waals surface area contributed by atoms with Crippen molar-refractivity contribution in [3.05, 3.63) is 36.4 Å². The number of ether oxygens (including phenoxy) is 2. The van der Waals surface area contributed by atoms with Gasteiger partial charge < -0.3 is 20.5 Å². The van der Waals surface area contributed by atoms with Crippen molar-refractivity contribution in [3.8, 4) is 11.5 Å². The standard InChI is InChI=1S/C17H26N2O3.ClH/c1-6-9-22-14-8-7-13(10-15(14)21-5)16(20)19-17(4,11-18)12(2)3;/h6-8,10,12H,1,9,11,18H2,2-5H3,(H,19,20);1H. The monoisotopic (exact) mass is 342 g/mol. The van der Waals surface area contributed by atoms with Gasteiger partial charge in [0, 0.05) is 12.1 Å². The summed E-state index contributed by atoms with van der Waals surface area (Å²) >= 11 is 0. The molecule has 0 bridgehead atoms. The van der Waals surface area contributed by atoms with E-state index in [9.17, 15) is 4.79 Å². The van der Waals surface area contributed by atoms with Crippen LogP contribution in [-0.4, -0.2) is 31.7 Å². The second-order valence-corrected chi connectivity index (χ2v) is 5.70. The van der Waals surface area contributed by atoms with Gasteiger partial charge in [-0.25, -0.2) is 0 Å². The van der Waals surface area contributed by atoms with Crippen molar-refractivity contribution in [3.63, 3.8) is 0 Å². The zero-order valence-electron chi connectivity index (χ0n) is 14.2. The van der Waals surface area contributed by atoms with E-state index in [0.29, 0.717) is 30.2 Å². The van der Waals surface area contributed by atoms with Crippen LogP contribution in [0.5, 0.6) is 11.5 Å². The highest BCUT2D eigenvalue weighted by atomic mass is 35.5. The molecule has 1 aromatic rings. The normalized spacial score (nSPS) is 12.8. The van der Waals surface area contributed by atoms with Gasteiger partial charge in [0.15, 0.2) is 11.5 Å². The summed E-state index contributed by atoms with van der Waals surface area (Å²) in [6.07, 6.45) is 1.65. The fraction of sp³-hybridized carbons (Fsp3) is 0.471. The number of amides is 1. The Morgan fingerprint density at radius 1 is 1.43 bits per heavy atom. The topological polar surface area (TPSA) is 73.6 Å². The van der Waals surface area contributed by atoms with Crippen molar-refractivity contribution >= 4 is 18.3 Å². The summed E-state index contributed by atoms with van der Waals surface area (Å²) in [7, 11) is 1.54. The van der Waals surface area contributed by atoms with Gasteiger partial charge >= 0.3 is 0 Å². The molecule has 0 fully saturated rings. The minimum atomic E-state index is -0.456. The molecule has 1 unspecified atom stereocenters. The van der Waals surface area contributed by atoms with Crippen LogP contribution in [0.2, 0.25) is 0 Å². The van der Waals surface area contributed by atoms with Crippen molar-refractivity contribution in [2.24, 2.45) is 11.7 Å². The number of hydrogen-bond acceptors (Lipinski definition) is 4. The predicted octanol–water partition coefficient (Wildman–Crippen LogP) is 2.79. The van der Waals surface area contributed by atoms with E-state index in [-0.39, 0.29) is 24.2 Å². The van der Waals surface area contributed by atoms with Crippen LogP contribution in [0.3, 0.4) is 0 Å². The number of methoxy groups -OCH3 is 1. The van der Waals surface area contributed by atoms with E-state index >= 15 is 0 Å². The van der Waals surface area contributed by atoms with E-state index in [1.165, 1.54) is 7.11 Å². The smallest absolute Gasteiger partial charge is 0.251 e. The molecule has 0 aliphatic heterocycles. The lowest BCUT2D eigenvalue weighted by atomic mass is 9.88. The molecule has 6 heteroatoms. The number of rotatable bonds is 8. The molecule has 5 nitrogen and oxygen atoms in total. The maximum Gasteiger partial charge on any atom is 0.251 e. The van der Waals surface area contributed by atoms with Crippen LogP contribution in [0.1, 0.15) is 31.1 Å². The Balaban J connectivity index is 0.00000484. The molecule has 3 N–H and O–H groups in total. The van der Waals surface area contributed by atoms with Gasteiger partial charge in [-0.05, 0) is 31.0 Å². The molecule has 1 amide bonds. The van der Waals surface area contributed by atoms with E-state index in [4.69, 9.17) is 15.2 Å². The van der Waals surface area contributed by atoms with E-state index < -0.39 is 5.54 Å². The van der Waals surface area contributed by atoms with Gasteiger partial charge in [-0.15, -0.1) is 12.4 Å². The third kappa shape index (κ3) is 5.44. The summed E-state index contributed by atoms with van der Waals surface area (Å²) < 4.78 is 10.8. The van der Waals surface area contributed by atoms with Gasteiger partial charge in [0.05, 0.1) is 12.6 Å². The molecule has 0 aliphatic rings. The van der Waals surface area contributed by atoms with Crippen molar-refractivity contribution in [1.82, 2.24) is 5.32 Å². The van der Waals surface area contributed by atoms with Crippen LogP contribution < -0.4 is 20.5 Å². The molecule has 1 aromatic carbocycles. The molecule has 0 saturated carbocycles. The molecule has 0 radical (unpaired) electrons. The highest BCUT2D eigenvalue weighted by Crippen LogP contribution is 2.28. The Bertz CT molecular complexity index is 535. The minimum absolute atomic E-state index is 0. The van der Waals surface area contributed by atoms with Crippen molar-refractivity contribution in [1.29, 1.82) is 0 Å². The number of carbonyl (C=O) groups is 1. The maximum atomic E-state index is 12.4. The lowest BCUT2D eigenvalue weighted by Crippen LogP contribution is -2.55. The Hall–Kier alpha value is -1.72. The molecule has 0 aliphatic carbocycles. The van der Waals surface area contributed by atoms with Gasteiger partial charge in [0.1, 0.15) is 6.61 Å². The Kier molecular flexibility index (Phi) is 8.72. The van der Waals surface area contributed by atoms with Crippen LogP contribution in [0.4, 0.5) is 0 Å². The summed E-state index contributed by atoms with van der Waals surface area (Å²) in [5, 5.41) is 3.00. The molecular weight excluding hydrogens is 316 g/mol. The number of nitrogens with two attached hydrogens (primary N) is 1. The largest absolute Gasteiger partial charge is 0.493 e. The number of nitrogens with one attached hydrogen (secondary N) is 1. The minimum Gasteiger partial charge on any atom is -0.493 e. The third-order valence-electron chi connectivity index (χ3n) is 3.88. The van der Waals surface area contributed by atoms with E-state index in [1.54, 1.807) is 24.3 Å². The fourth-order valence-electron chi connectivity index (χ4n) is 1.84. The number of hydrogen-bond donors (Lipinski definition) is 2. The first-order valence-corrected chi connectivity index (χ1v) is 7.32. The number of halogens is 1. The molecule has 1 rings (SSSR count). The van der Waals surface area contributed by atoms with Gasteiger partial charge in [-0.3, -0.25) is 4.79 Å². The lowest BCUT2D eigenvalue weighted by Gasteiger charge is -2.33. The summed E-state index contributed by atoms with van der Waals surface area (Å²) in [6, 6.07) is 5.07.